The number of aromatic nitrogens is 1. The van der Waals surface area contributed by atoms with Crippen LogP contribution in [0.1, 0.15) is 11.3 Å². The van der Waals surface area contributed by atoms with E-state index in [1.54, 1.807) is 0 Å². The van der Waals surface area contributed by atoms with E-state index in [2.05, 4.69) is 51.3 Å². The monoisotopic (exact) mass is 469 g/mol. The molecule has 2 atom stereocenters. The number of anilines is 1. The van der Waals surface area contributed by atoms with E-state index >= 15 is 0 Å². The lowest BCUT2D eigenvalue weighted by Gasteiger charge is -2.20. The van der Waals surface area contributed by atoms with Crippen LogP contribution in [0.2, 0.25) is 0 Å². The zero-order valence-electron chi connectivity index (χ0n) is 15.7. The van der Waals surface area contributed by atoms with E-state index in [1.807, 2.05) is 18.2 Å². The molecule has 1 fully saturated rings. The van der Waals surface area contributed by atoms with Crippen LogP contribution in [0.5, 0.6) is 0 Å². The molecule has 2 heterocycles. The molecule has 1 aromatic heterocycles. The average molecular weight is 471 g/mol. The van der Waals surface area contributed by atoms with Crippen LogP contribution < -0.4 is 21.7 Å². The van der Waals surface area contributed by atoms with Crippen molar-refractivity contribution in [2.24, 2.45) is 5.92 Å². The number of hydrogen-bond acceptors (Lipinski definition) is 5. The van der Waals surface area contributed by atoms with E-state index < -0.39 is 0 Å². The number of nitrogens with zero attached hydrogens (tertiary/aromatic N) is 1. The highest BCUT2D eigenvalue weighted by Crippen LogP contribution is 2.15. The van der Waals surface area contributed by atoms with Gasteiger partial charge in [0, 0.05) is 37.9 Å². The fourth-order valence-corrected chi connectivity index (χ4v) is 3.24. The number of pyridine rings is 1. The summed E-state index contributed by atoms with van der Waals surface area (Å²) < 4.78 is 0. The van der Waals surface area contributed by atoms with E-state index in [-0.39, 0.29) is 49.6 Å². The van der Waals surface area contributed by atoms with Gasteiger partial charge in [-0.2, -0.15) is 0 Å². The number of nitrogens with two attached hydrogens (primary N) is 1. The molecule has 0 unspecified atom stereocenters. The van der Waals surface area contributed by atoms with Crippen LogP contribution in [0.25, 0.3) is 0 Å². The average Bonchev–Trinajstić information content (AvgIpc) is 3.03. The molecule has 0 aliphatic carbocycles. The van der Waals surface area contributed by atoms with Gasteiger partial charge in [0.2, 0.25) is 0 Å². The number of nitrogens with one attached hydrogen (secondary N) is 3. The molecule has 0 saturated carbocycles. The highest BCUT2D eigenvalue weighted by molar-refractivity contribution is 5.86. The first-order valence-corrected chi connectivity index (χ1v) is 8.71. The Morgan fingerprint density at radius 3 is 2.39 bits per heavy atom. The summed E-state index contributed by atoms with van der Waals surface area (Å²) in [6.45, 7) is 4.91. The maximum Gasteiger partial charge on any atom is 0.123 e. The Kier molecular flexibility index (Phi) is 16.9. The first-order valence-electron chi connectivity index (χ1n) is 8.71. The summed E-state index contributed by atoms with van der Waals surface area (Å²) in [5, 5.41) is 10.6. The number of hydrogen-bond donors (Lipinski definition) is 4. The molecule has 1 aromatic carbocycles. The molecule has 160 valence electrons. The summed E-state index contributed by atoms with van der Waals surface area (Å²) in [6.07, 6.45) is 0.965. The predicted molar refractivity (Wildman–Crippen MR) is 128 cm³/mol. The highest BCUT2D eigenvalue weighted by atomic mass is 35.5. The standard InChI is InChI=1S/C19H27N5.4ClH/c20-19-8-4-7-17(24-19)11-16-13-22-14-18(16)23-10-9-21-12-15-5-2-1-3-6-15;;;;/h1-8,16,18,21-23H,9-14H2,(H2,20,24);4*1H/t16-,18+;;;;/m0..../s1. The largest absolute Gasteiger partial charge is 0.384 e. The number of nitrogen functional groups attached to an aromatic ring is 1. The van der Waals surface area contributed by atoms with Gasteiger partial charge in [0.05, 0.1) is 0 Å². The molecule has 5 N–H and O–H groups in total. The molecule has 9 heteroatoms. The van der Waals surface area contributed by atoms with Crippen molar-refractivity contribution in [1.29, 1.82) is 0 Å². The molecule has 0 amide bonds. The van der Waals surface area contributed by atoms with Gasteiger partial charge in [-0.05, 0) is 36.6 Å². The molecule has 0 spiro atoms. The van der Waals surface area contributed by atoms with Crippen molar-refractivity contribution >= 4 is 55.4 Å². The van der Waals surface area contributed by atoms with Crippen molar-refractivity contribution in [2.75, 3.05) is 31.9 Å². The van der Waals surface area contributed by atoms with Gasteiger partial charge in [0.25, 0.3) is 0 Å². The number of halogens is 4. The van der Waals surface area contributed by atoms with Gasteiger partial charge in [-0.3, -0.25) is 0 Å². The molecule has 0 radical (unpaired) electrons. The third kappa shape index (κ3) is 9.61. The smallest absolute Gasteiger partial charge is 0.123 e. The topological polar surface area (TPSA) is 75.0 Å². The van der Waals surface area contributed by atoms with Gasteiger partial charge < -0.3 is 21.7 Å². The Balaban J connectivity index is 0. The van der Waals surface area contributed by atoms with E-state index in [0.717, 1.165) is 44.8 Å². The lowest BCUT2D eigenvalue weighted by atomic mass is 9.97. The second kappa shape index (κ2) is 16.1. The minimum absolute atomic E-state index is 0. The molecule has 1 aliphatic rings. The second-order valence-corrected chi connectivity index (χ2v) is 6.40. The fraction of sp³-hybridized carbons (Fsp3) is 0.421. The molecule has 1 saturated heterocycles. The normalized spacial score (nSPS) is 17.4. The molecule has 1 aliphatic heterocycles. The zero-order valence-corrected chi connectivity index (χ0v) is 18.9. The quantitative estimate of drug-likeness (QED) is 0.446. The SMILES string of the molecule is Cl.Cl.Cl.Cl.Nc1cccc(C[C@H]2CNC[C@H]2NCCNCc2ccccc2)n1. The molecule has 3 rings (SSSR count). The van der Waals surface area contributed by atoms with Crippen LogP contribution in [0.15, 0.2) is 48.5 Å². The molecule has 2 aromatic rings. The second-order valence-electron chi connectivity index (χ2n) is 6.40. The van der Waals surface area contributed by atoms with Crippen molar-refractivity contribution in [3.63, 3.8) is 0 Å². The van der Waals surface area contributed by atoms with E-state index in [0.29, 0.717) is 17.8 Å². The fourth-order valence-electron chi connectivity index (χ4n) is 3.24. The lowest BCUT2D eigenvalue weighted by molar-refractivity contribution is 0.419. The predicted octanol–water partition coefficient (Wildman–Crippen LogP) is 2.86. The van der Waals surface area contributed by atoms with Crippen LogP contribution in [0.3, 0.4) is 0 Å². The van der Waals surface area contributed by atoms with E-state index in [1.165, 1.54) is 5.56 Å². The van der Waals surface area contributed by atoms with Crippen LogP contribution in [0, 0.1) is 5.92 Å². The number of benzene rings is 1. The Labute approximate surface area is 192 Å². The summed E-state index contributed by atoms with van der Waals surface area (Å²) in [7, 11) is 0. The maximum atomic E-state index is 5.78. The maximum absolute atomic E-state index is 5.78. The van der Waals surface area contributed by atoms with E-state index in [9.17, 15) is 0 Å². The minimum atomic E-state index is 0. The van der Waals surface area contributed by atoms with Gasteiger partial charge in [-0.15, -0.1) is 49.6 Å². The van der Waals surface area contributed by atoms with Gasteiger partial charge >= 0.3 is 0 Å². The van der Waals surface area contributed by atoms with Crippen LogP contribution in [-0.2, 0) is 13.0 Å². The molecular weight excluding hydrogens is 440 g/mol. The Morgan fingerprint density at radius 1 is 0.929 bits per heavy atom. The summed E-state index contributed by atoms with van der Waals surface area (Å²) in [5.41, 5.74) is 8.18. The molecular formula is C19H31Cl4N5. The van der Waals surface area contributed by atoms with Crippen molar-refractivity contribution in [1.82, 2.24) is 20.9 Å². The summed E-state index contributed by atoms with van der Waals surface area (Å²) in [4.78, 5) is 4.42. The van der Waals surface area contributed by atoms with Crippen molar-refractivity contribution in [3.05, 3.63) is 59.8 Å². The van der Waals surface area contributed by atoms with Crippen LogP contribution in [-0.4, -0.2) is 37.2 Å². The minimum Gasteiger partial charge on any atom is -0.384 e. The third-order valence-corrected chi connectivity index (χ3v) is 4.52. The summed E-state index contributed by atoms with van der Waals surface area (Å²) in [5.74, 6) is 1.17. The zero-order chi connectivity index (χ0) is 16.6. The van der Waals surface area contributed by atoms with Crippen LogP contribution in [0.4, 0.5) is 5.82 Å². The first-order chi connectivity index (χ1) is 11.8. The van der Waals surface area contributed by atoms with Crippen molar-refractivity contribution in [2.45, 2.75) is 19.0 Å². The number of rotatable bonds is 8. The van der Waals surface area contributed by atoms with Crippen molar-refractivity contribution < 1.29 is 0 Å². The summed E-state index contributed by atoms with van der Waals surface area (Å²) in [6, 6.07) is 16.9. The molecule has 28 heavy (non-hydrogen) atoms. The molecule has 0 bridgehead atoms. The summed E-state index contributed by atoms with van der Waals surface area (Å²) >= 11 is 0. The first kappa shape index (κ1) is 29.4. The van der Waals surface area contributed by atoms with Crippen molar-refractivity contribution in [3.8, 4) is 0 Å². The Morgan fingerprint density at radius 2 is 1.68 bits per heavy atom. The van der Waals surface area contributed by atoms with E-state index in [4.69, 9.17) is 5.73 Å². The molecule has 5 nitrogen and oxygen atoms in total. The van der Waals surface area contributed by atoms with Gasteiger partial charge in [-0.25, -0.2) is 4.98 Å². The van der Waals surface area contributed by atoms with Gasteiger partial charge in [-0.1, -0.05) is 36.4 Å². The lowest BCUT2D eigenvalue weighted by Crippen LogP contribution is -2.40. The van der Waals surface area contributed by atoms with Gasteiger partial charge in [0.15, 0.2) is 0 Å². The highest BCUT2D eigenvalue weighted by Gasteiger charge is 2.26. The third-order valence-electron chi connectivity index (χ3n) is 4.52. The Bertz CT molecular complexity index is 633. The van der Waals surface area contributed by atoms with Crippen LogP contribution >= 0.6 is 49.6 Å². The van der Waals surface area contributed by atoms with Gasteiger partial charge in [0.1, 0.15) is 5.82 Å². The Hall–Kier alpha value is -0.790.